The van der Waals surface area contributed by atoms with Crippen molar-refractivity contribution >= 4 is 11.7 Å². The van der Waals surface area contributed by atoms with Crippen LogP contribution in [0.25, 0.3) is 28.5 Å². The number of H-pyrrole nitrogens is 1. The molecule has 2 N–H and O–H groups in total. The minimum atomic E-state index is -0.304. The van der Waals surface area contributed by atoms with Crippen LogP contribution in [0.1, 0.15) is 34.5 Å². The molecule has 178 valence electrons. The monoisotopic (exact) mass is 477 g/mol. The van der Waals surface area contributed by atoms with Gasteiger partial charge in [0.2, 0.25) is 5.95 Å². The molecule has 0 saturated carbocycles. The number of hydrogen-bond donors (Lipinski definition) is 2. The fraction of sp³-hybridized carbons (Fsp3) is 0.143. The van der Waals surface area contributed by atoms with Gasteiger partial charge >= 0.3 is 0 Å². The average molecular weight is 478 g/mol. The molecule has 3 aromatic heterocycles. The third-order valence-electron chi connectivity index (χ3n) is 6.36. The van der Waals surface area contributed by atoms with E-state index in [1.807, 2.05) is 42.5 Å². The number of benzene rings is 2. The van der Waals surface area contributed by atoms with Gasteiger partial charge in [0.25, 0.3) is 11.5 Å². The molecule has 0 fully saturated rings. The van der Waals surface area contributed by atoms with Crippen LogP contribution >= 0.6 is 0 Å². The summed E-state index contributed by atoms with van der Waals surface area (Å²) < 4.78 is 6.95. The van der Waals surface area contributed by atoms with Crippen LogP contribution in [0, 0.1) is 0 Å². The van der Waals surface area contributed by atoms with E-state index in [1.54, 1.807) is 36.6 Å². The van der Waals surface area contributed by atoms with Crippen LogP contribution in [0.5, 0.6) is 0 Å². The molecule has 0 saturated heterocycles. The summed E-state index contributed by atoms with van der Waals surface area (Å²) in [5, 5.41) is 7.51. The summed E-state index contributed by atoms with van der Waals surface area (Å²) in [5.74, 6) is 0.865. The van der Waals surface area contributed by atoms with Crippen molar-refractivity contribution in [2.24, 2.45) is 0 Å². The van der Waals surface area contributed by atoms with Crippen molar-refractivity contribution in [3.63, 3.8) is 0 Å². The van der Waals surface area contributed by atoms with Crippen LogP contribution in [0.4, 0.5) is 5.82 Å². The molecule has 0 bridgehead atoms. The van der Waals surface area contributed by atoms with Gasteiger partial charge in [0.05, 0.1) is 12.0 Å². The van der Waals surface area contributed by atoms with Crippen molar-refractivity contribution < 1.29 is 9.21 Å². The smallest absolute Gasteiger partial charge is 0.256 e. The van der Waals surface area contributed by atoms with Gasteiger partial charge in [-0.2, -0.15) is 9.78 Å². The second-order valence-electron chi connectivity index (χ2n) is 8.72. The highest BCUT2D eigenvalue weighted by atomic mass is 16.3. The number of hydrogen-bond acceptors (Lipinski definition) is 5. The Morgan fingerprint density at radius 3 is 2.50 bits per heavy atom. The summed E-state index contributed by atoms with van der Waals surface area (Å²) in [6, 6.07) is 22.6. The lowest BCUT2D eigenvalue weighted by Gasteiger charge is -2.15. The molecule has 1 aliphatic carbocycles. The molecule has 5 aromatic rings. The van der Waals surface area contributed by atoms with Crippen molar-refractivity contribution in [2.45, 2.75) is 25.7 Å². The molecule has 2 aromatic carbocycles. The first-order chi connectivity index (χ1) is 17.7. The maximum absolute atomic E-state index is 13.2. The number of amides is 1. The standard InChI is InChI=1S/C28H23N5O3/c34-26(20-14-12-19(13-15-20)18-7-2-1-3-8-18)30-25-17-23(24-11-6-16-36-24)32-33(25)28-29-22-10-5-4-9-21(22)27(35)31-28/h1-3,6-8,11-17H,4-5,9-10H2,(H,30,34)(H,29,31,35). The molecular weight excluding hydrogens is 454 g/mol. The summed E-state index contributed by atoms with van der Waals surface area (Å²) in [5.41, 5.74) is 4.44. The van der Waals surface area contributed by atoms with Crippen LogP contribution in [0.3, 0.4) is 0 Å². The Bertz CT molecular complexity index is 1580. The topological polar surface area (TPSA) is 106 Å². The molecule has 1 amide bonds. The zero-order valence-electron chi connectivity index (χ0n) is 19.4. The summed E-state index contributed by atoms with van der Waals surface area (Å²) in [4.78, 5) is 33.5. The van der Waals surface area contributed by atoms with Gasteiger partial charge in [0, 0.05) is 17.2 Å². The van der Waals surface area contributed by atoms with E-state index in [4.69, 9.17) is 4.42 Å². The van der Waals surface area contributed by atoms with Gasteiger partial charge in [-0.1, -0.05) is 42.5 Å². The van der Waals surface area contributed by atoms with E-state index in [1.165, 1.54) is 4.68 Å². The number of rotatable bonds is 5. The number of aryl methyl sites for hydroxylation is 1. The van der Waals surface area contributed by atoms with Crippen molar-refractivity contribution in [3.05, 3.63) is 106 Å². The summed E-state index contributed by atoms with van der Waals surface area (Å²) in [6.45, 7) is 0. The molecule has 3 heterocycles. The summed E-state index contributed by atoms with van der Waals surface area (Å²) in [7, 11) is 0. The van der Waals surface area contributed by atoms with Gasteiger partial charge in [-0.3, -0.25) is 14.6 Å². The van der Waals surface area contributed by atoms with Crippen molar-refractivity contribution in [1.29, 1.82) is 0 Å². The fourth-order valence-corrected chi connectivity index (χ4v) is 4.50. The van der Waals surface area contributed by atoms with Gasteiger partial charge in [0.15, 0.2) is 5.76 Å². The van der Waals surface area contributed by atoms with E-state index < -0.39 is 0 Å². The number of nitrogens with zero attached hydrogens (tertiary/aromatic N) is 3. The minimum Gasteiger partial charge on any atom is -0.463 e. The van der Waals surface area contributed by atoms with E-state index >= 15 is 0 Å². The number of carbonyl (C=O) groups excluding carboxylic acids is 1. The first-order valence-corrected chi connectivity index (χ1v) is 11.9. The summed E-state index contributed by atoms with van der Waals surface area (Å²) in [6.07, 6.45) is 4.99. The Morgan fingerprint density at radius 1 is 0.944 bits per heavy atom. The molecule has 0 spiro atoms. The normalized spacial score (nSPS) is 12.8. The molecule has 6 rings (SSSR count). The predicted octanol–water partition coefficient (Wildman–Crippen LogP) is 5.01. The maximum Gasteiger partial charge on any atom is 0.256 e. The molecule has 8 nitrogen and oxygen atoms in total. The van der Waals surface area contributed by atoms with Gasteiger partial charge < -0.3 is 9.73 Å². The number of aromatic amines is 1. The Labute approximate surface area is 206 Å². The average Bonchev–Trinajstić information content (AvgIpc) is 3.60. The SMILES string of the molecule is O=C(Nc1cc(-c2ccco2)nn1-c1nc2c(c(=O)[nH]1)CCCC2)c1ccc(-c2ccccc2)cc1. The first-order valence-electron chi connectivity index (χ1n) is 11.9. The summed E-state index contributed by atoms with van der Waals surface area (Å²) >= 11 is 0. The lowest BCUT2D eigenvalue weighted by Crippen LogP contribution is -2.24. The lowest BCUT2D eigenvalue weighted by molar-refractivity contribution is 0.102. The van der Waals surface area contributed by atoms with Gasteiger partial charge in [0.1, 0.15) is 11.5 Å². The molecular formula is C28H23N5O3. The molecule has 0 atom stereocenters. The molecule has 8 heteroatoms. The number of carbonyl (C=O) groups is 1. The number of fused-ring (bicyclic) bond motifs is 1. The van der Waals surface area contributed by atoms with E-state index in [2.05, 4.69) is 20.4 Å². The van der Waals surface area contributed by atoms with E-state index in [0.717, 1.165) is 48.1 Å². The highest BCUT2D eigenvalue weighted by Gasteiger charge is 2.21. The van der Waals surface area contributed by atoms with Crippen LogP contribution < -0.4 is 10.9 Å². The highest BCUT2D eigenvalue weighted by Crippen LogP contribution is 2.26. The van der Waals surface area contributed by atoms with E-state index in [9.17, 15) is 9.59 Å². The van der Waals surface area contributed by atoms with Gasteiger partial charge in [-0.15, -0.1) is 0 Å². The second-order valence-corrected chi connectivity index (χ2v) is 8.72. The Kier molecular flexibility index (Phi) is 5.53. The third kappa shape index (κ3) is 4.13. The zero-order valence-corrected chi connectivity index (χ0v) is 19.4. The van der Waals surface area contributed by atoms with Gasteiger partial charge in [-0.05, 0) is 61.1 Å². The van der Waals surface area contributed by atoms with Crippen LogP contribution in [-0.2, 0) is 12.8 Å². The predicted molar refractivity (Wildman–Crippen MR) is 136 cm³/mol. The van der Waals surface area contributed by atoms with Crippen molar-refractivity contribution in [1.82, 2.24) is 19.7 Å². The lowest BCUT2D eigenvalue weighted by atomic mass is 9.97. The maximum atomic E-state index is 13.2. The fourth-order valence-electron chi connectivity index (χ4n) is 4.50. The van der Waals surface area contributed by atoms with Crippen molar-refractivity contribution in [2.75, 3.05) is 5.32 Å². The molecule has 0 unspecified atom stereocenters. The molecule has 0 radical (unpaired) electrons. The number of nitrogens with one attached hydrogen (secondary N) is 2. The van der Waals surface area contributed by atoms with Crippen LogP contribution in [-0.4, -0.2) is 25.7 Å². The molecule has 1 aliphatic rings. The van der Waals surface area contributed by atoms with Crippen molar-refractivity contribution in [3.8, 4) is 28.5 Å². The van der Waals surface area contributed by atoms with E-state index in [-0.39, 0.29) is 17.4 Å². The number of furan rings is 1. The third-order valence-corrected chi connectivity index (χ3v) is 6.36. The highest BCUT2D eigenvalue weighted by molar-refractivity contribution is 6.04. The van der Waals surface area contributed by atoms with Gasteiger partial charge in [-0.25, -0.2) is 4.98 Å². The first kappa shape index (κ1) is 21.8. The van der Waals surface area contributed by atoms with E-state index in [0.29, 0.717) is 22.8 Å². The van der Waals surface area contributed by atoms with Crippen LogP contribution in [0.15, 0.2) is 88.3 Å². The van der Waals surface area contributed by atoms with Crippen LogP contribution in [0.2, 0.25) is 0 Å². The number of aromatic nitrogens is 4. The Hall–Kier alpha value is -4.72. The quantitative estimate of drug-likeness (QED) is 0.370. The second kappa shape index (κ2) is 9.14. The molecule has 36 heavy (non-hydrogen) atoms. The Morgan fingerprint density at radius 2 is 1.72 bits per heavy atom. The molecule has 0 aliphatic heterocycles. The zero-order chi connectivity index (χ0) is 24.5. The largest absolute Gasteiger partial charge is 0.463 e. The number of anilines is 1. The minimum absolute atomic E-state index is 0.168. The Balaban J connectivity index is 1.35.